The first-order valence-electron chi connectivity index (χ1n) is 5.08. The van der Waals surface area contributed by atoms with Crippen LogP contribution in [0.2, 0.25) is 0 Å². The van der Waals surface area contributed by atoms with Crippen LogP contribution in [-0.2, 0) is 6.61 Å². The molecule has 0 spiro atoms. The lowest BCUT2D eigenvalue weighted by molar-refractivity contribution is 0.275. The molecule has 0 bridgehead atoms. The van der Waals surface area contributed by atoms with Crippen molar-refractivity contribution < 1.29 is 5.11 Å². The third-order valence-electron chi connectivity index (χ3n) is 2.84. The van der Waals surface area contributed by atoms with E-state index in [9.17, 15) is 0 Å². The van der Waals surface area contributed by atoms with Crippen molar-refractivity contribution in [1.29, 1.82) is 0 Å². The van der Waals surface area contributed by atoms with Crippen LogP contribution in [0, 0.1) is 0 Å². The maximum Gasteiger partial charge on any atom is 0.108 e. The fourth-order valence-corrected chi connectivity index (χ4v) is 2.02. The molecular weight excluding hydrogens is 180 g/mol. The Bertz CT molecular complexity index is 299. The van der Waals surface area contributed by atoms with Crippen LogP contribution in [0.25, 0.3) is 0 Å². The van der Waals surface area contributed by atoms with E-state index in [1.54, 1.807) is 10.9 Å². The molecule has 0 saturated heterocycles. The lowest BCUT2D eigenvalue weighted by atomic mass is 9.91. The van der Waals surface area contributed by atoms with E-state index in [0.29, 0.717) is 5.69 Å². The molecule has 0 aliphatic heterocycles. The quantitative estimate of drug-likeness (QED) is 0.709. The fourth-order valence-electron chi connectivity index (χ4n) is 2.02. The van der Waals surface area contributed by atoms with Crippen LogP contribution in [0.1, 0.15) is 37.4 Å². The molecule has 2 atom stereocenters. The van der Waals surface area contributed by atoms with Gasteiger partial charge in [0.05, 0.1) is 18.8 Å². The number of rotatable bonds is 2. The third kappa shape index (κ3) is 1.78. The number of aliphatic hydroxyl groups is 1. The van der Waals surface area contributed by atoms with Crippen LogP contribution in [0.3, 0.4) is 0 Å². The van der Waals surface area contributed by atoms with Crippen LogP contribution < -0.4 is 5.73 Å². The van der Waals surface area contributed by atoms with Gasteiger partial charge in [-0.2, -0.15) is 0 Å². The standard InChI is InChI=1S/C9H16N4O/c10-8-3-1-2-4-9(8)13-5-7(6-14)11-12-13/h5,8-9,14H,1-4,6,10H2/t8-,9-/m1/s1. The molecule has 14 heavy (non-hydrogen) atoms. The van der Waals surface area contributed by atoms with E-state index >= 15 is 0 Å². The van der Waals surface area contributed by atoms with Crippen molar-refractivity contribution in [3.05, 3.63) is 11.9 Å². The molecule has 1 heterocycles. The summed E-state index contributed by atoms with van der Waals surface area (Å²) in [4.78, 5) is 0. The molecule has 1 aromatic rings. The molecule has 5 heteroatoms. The van der Waals surface area contributed by atoms with Gasteiger partial charge in [-0.15, -0.1) is 5.10 Å². The van der Waals surface area contributed by atoms with Gasteiger partial charge in [0.2, 0.25) is 0 Å². The van der Waals surface area contributed by atoms with Gasteiger partial charge in [0.1, 0.15) is 5.69 Å². The molecule has 0 unspecified atom stereocenters. The third-order valence-corrected chi connectivity index (χ3v) is 2.84. The Morgan fingerprint density at radius 1 is 1.50 bits per heavy atom. The highest BCUT2D eigenvalue weighted by molar-refractivity contribution is 4.93. The Morgan fingerprint density at radius 3 is 2.93 bits per heavy atom. The number of hydrogen-bond acceptors (Lipinski definition) is 4. The number of nitrogens with zero attached hydrogens (tertiary/aromatic N) is 3. The first-order valence-corrected chi connectivity index (χ1v) is 5.08. The lowest BCUT2D eigenvalue weighted by Crippen LogP contribution is -2.35. The van der Waals surface area contributed by atoms with Crippen molar-refractivity contribution in [2.45, 2.75) is 44.4 Å². The van der Waals surface area contributed by atoms with E-state index in [0.717, 1.165) is 12.8 Å². The van der Waals surface area contributed by atoms with Gasteiger partial charge < -0.3 is 10.8 Å². The lowest BCUT2D eigenvalue weighted by Gasteiger charge is -2.28. The summed E-state index contributed by atoms with van der Waals surface area (Å²) < 4.78 is 1.80. The van der Waals surface area contributed by atoms with E-state index < -0.39 is 0 Å². The Hall–Kier alpha value is -0.940. The van der Waals surface area contributed by atoms with Gasteiger partial charge in [0.25, 0.3) is 0 Å². The highest BCUT2D eigenvalue weighted by Gasteiger charge is 2.24. The molecule has 2 rings (SSSR count). The van der Waals surface area contributed by atoms with Gasteiger partial charge in [-0.05, 0) is 12.8 Å². The summed E-state index contributed by atoms with van der Waals surface area (Å²) in [5, 5.41) is 16.7. The van der Waals surface area contributed by atoms with Gasteiger partial charge in [-0.3, -0.25) is 0 Å². The van der Waals surface area contributed by atoms with Crippen LogP contribution in [-0.4, -0.2) is 26.1 Å². The molecule has 78 valence electrons. The SMILES string of the molecule is N[C@@H]1CCCC[C@H]1n1cc(CO)nn1. The predicted molar refractivity (Wildman–Crippen MR) is 51.4 cm³/mol. The maximum atomic E-state index is 8.87. The normalized spacial score (nSPS) is 27.9. The molecule has 0 aromatic carbocycles. The summed E-state index contributed by atoms with van der Waals surface area (Å²) in [5.74, 6) is 0. The van der Waals surface area contributed by atoms with E-state index in [2.05, 4.69) is 10.3 Å². The Labute approximate surface area is 82.9 Å². The first kappa shape index (κ1) is 9.61. The van der Waals surface area contributed by atoms with E-state index in [4.69, 9.17) is 10.8 Å². The highest BCUT2D eigenvalue weighted by Crippen LogP contribution is 2.26. The second-order valence-corrected chi connectivity index (χ2v) is 3.86. The van der Waals surface area contributed by atoms with Gasteiger partial charge in [0.15, 0.2) is 0 Å². The average molecular weight is 196 g/mol. The molecule has 3 N–H and O–H groups in total. The second-order valence-electron chi connectivity index (χ2n) is 3.86. The molecule has 1 aliphatic carbocycles. The van der Waals surface area contributed by atoms with Crippen molar-refractivity contribution in [2.24, 2.45) is 5.73 Å². The monoisotopic (exact) mass is 196 g/mol. The number of nitrogens with two attached hydrogens (primary N) is 1. The zero-order valence-corrected chi connectivity index (χ0v) is 8.13. The molecular formula is C9H16N4O. The summed E-state index contributed by atoms with van der Waals surface area (Å²) >= 11 is 0. The zero-order chi connectivity index (χ0) is 9.97. The first-order chi connectivity index (χ1) is 6.81. The molecule has 0 radical (unpaired) electrons. The largest absolute Gasteiger partial charge is 0.390 e. The van der Waals surface area contributed by atoms with Crippen LogP contribution >= 0.6 is 0 Å². The fraction of sp³-hybridized carbons (Fsp3) is 0.778. The molecule has 1 fully saturated rings. The highest BCUT2D eigenvalue weighted by atomic mass is 16.3. The van der Waals surface area contributed by atoms with Gasteiger partial charge in [-0.1, -0.05) is 18.1 Å². The Balaban J connectivity index is 2.12. The number of hydrogen-bond donors (Lipinski definition) is 2. The molecule has 1 aliphatic rings. The summed E-state index contributed by atoms with van der Waals surface area (Å²) in [7, 11) is 0. The Kier molecular flexibility index (Phi) is 2.79. The topological polar surface area (TPSA) is 77.0 Å². The average Bonchev–Trinajstić information content (AvgIpc) is 2.67. The van der Waals surface area contributed by atoms with Crippen LogP contribution in [0.4, 0.5) is 0 Å². The van der Waals surface area contributed by atoms with Crippen molar-refractivity contribution in [3.63, 3.8) is 0 Å². The van der Waals surface area contributed by atoms with Crippen LogP contribution in [0.15, 0.2) is 6.20 Å². The Morgan fingerprint density at radius 2 is 2.29 bits per heavy atom. The minimum Gasteiger partial charge on any atom is -0.390 e. The second kappa shape index (κ2) is 4.06. The summed E-state index contributed by atoms with van der Waals surface area (Å²) in [6.07, 6.45) is 6.32. The van der Waals surface area contributed by atoms with E-state index in [-0.39, 0.29) is 18.7 Å². The van der Waals surface area contributed by atoms with Gasteiger partial charge in [-0.25, -0.2) is 4.68 Å². The van der Waals surface area contributed by atoms with E-state index in [1.807, 2.05) is 0 Å². The zero-order valence-electron chi connectivity index (χ0n) is 8.13. The molecule has 1 aromatic heterocycles. The van der Waals surface area contributed by atoms with Crippen molar-refractivity contribution >= 4 is 0 Å². The van der Waals surface area contributed by atoms with Crippen molar-refractivity contribution in [2.75, 3.05) is 0 Å². The summed E-state index contributed by atoms with van der Waals surface area (Å²) in [5.41, 5.74) is 6.62. The molecule has 0 amide bonds. The smallest absolute Gasteiger partial charge is 0.108 e. The summed E-state index contributed by atoms with van der Waals surface area (Å²) in [6.45, 7) is -0.0536. The number of aliphatic hydroxyl groups excluding tert-OH is 1. The minimum absolute atomic E-state index is 0.0536. The van der Waals surface area contributed by atoms with Crippen molar-refractivity contribution in [3.8, 4) is 0 Å². The number of aromatic nitrogens is 3. The minimum atomic E-state index is -0.0536. The summed E-state index contributed by atoms with van der Waals surface area (Å²) in [6, 6.07) is 0.438. The predicted octanol–water partition coefficient (Wildman–Crippen LogP) is 0.213. The maximum absolute atomic E-state index is 8.87. The molecule has 1 saturated carbocycles. The van der Waals surface area contributed by atoms with E-state index in [1.165, 1.54) is 12.8 Å². The van der Waals surface area contributed by atoms with Gasteiger partial charge >= 0.3 is 0 Å². The van der Waals surface area contributed by atoms with Crippen molar-refractivity contribution in [1.82, 2.24) is 15.0 Å². The van der Waals surface area contributed by atoms with Gasteiger partial charge in [0, 0.05) is 6.04 Å². The van der Waals surface area contributed by atoms with Crippen LogP contribution in [0.5, 0.6) is 0 Å². The molecule has 5 nitrogen and oxygen atoms in total.